The molecule has 1 aromatic heterocycles. The van der Waals surface area contributed by atoms with Crippen LogP contribution in [0.3, 0.4) is 0 Å². The van der Waals surface area contributed by atoms with Gasteiger partial charge in [-0.2, -0.15) is 0 Å². The summed E-state index contributed by atoms with van der Waals surface area (Å²) < 4.78 is 33.2. The quantitative estimate of drug-likeness (QED) is 0.632. The minimum Gasteiger partial charge on any atom is -0.257 e. The fourth-order valence-electron chi connectivity index (χ4n) is 0.596. The van der Waals surface area contributed by atoms with Gasteiger partial charge in [-0.25, -0.2) is 12.8 Å². The molecular formula is C6H6FNO2S. The molecule has 0 atom stereocenters. The molecule has 11 heavy (non-hydrogen) atoms. The third-order valence-corrected chi connectivity index (χ3v) is 1.89. The Balaban J connectivity index is 3.26. The average Bonchev–Trinajstić information content (AvgIpc) is 1.94. The zero-order valence-corrected chi connectivity index (χ0v) is 6.64. The summed E-state index contributed by atoms with van der Waals surface area (Å²) in [6, 6.07) is 0.952. The number of aromatic nitrogens is 1. The Labute approximate surface area is 64.8 Å². The van der Waals surface area contributed by atoms with Crippen LogP contribution in [0, 0.1) is 12.7 Å². The van der Waals surface area contributed by atoms with Gasteiger partial charge >= 0.3 is 0 Å². The van der Waals surface area contributed by atoms with Crippen molar-refractivity contribution in [2.75, 3.05) is 0 Å². The van der Waals surface area contributed by atoms with Crippen molar-refractivity contribution in [1.82, 2.24) is 4.98 Å². The number of aryl methyl sites for hydroxylation is 1. The summed E-state index contributed by atoms with van der Waals surface area (Å²) in [5, 5.41) is 0. The maximum atomic E-state index is 12.6. The van der Waals surface area contributed by atoms with Crippen LogP contribution >= 0.6 is 0 Å². The normalized spacial score (nSPS) is 10.5. The number of halogens is 1. The molecule has 0 bridgehead atoms. The summed E-state index contributed by atoms with van der Waals surface area (Å²) in [6.07, 6.45) is 1.13. The maximum Gasteiger partial charge on any atom is 0.169 e. The van der Waals surface area contributed by atoms with E-state index in [2.05, 4.69) is 4.98 Å². The topological polar surface area (TPSA) is 47.0 Å². The van der Waals surface area contributed by atoms with Gasteiger partial charge in [-0.1, -0.05) is 0 Å². The van der Waals surface area contributed by atoms with Crippen LogP contribution in [-0.4, -0.2) is 13.4 Å². The Hall–Kier alpha value is -0.970. The highest BCUT2D eigenvalue weighted by Gasteiger charge is 2.00. The van der Waals surface area contributed by atoms with Crippen molar-refractivity contribution in [3.05, 3.63) is 23.8 Å². The van der Waals surface area contributed by atoms with Crippen LogP contribution in [-0.2, 0) is 10.7 Å². The highest BCUT2D eigenvalue weighted by atomic mass is 32.2. The molecule has 0 saturated heterocycles. The van der Waals surface area contributed by atoms with Crippen molar-refractivity contribution in [3.8, 4) is 0 Å². The Morgan fingerprint density at radius 3 is 2.64 bits per heavy atom. The predicted octanol–water partition coefficient (Wildman–Crippen LogP) is 0.499. The van der Waals surface area contributed by atoms with E-state index in [1.165, 1.54) is 6.92 Å². The predicted molar refractivity (Wildman–Crippen MR) is 37.5 cm³/mol. The van der Waals surface area contributed by atoms with Gasteiger partial charge in [0.05, 0.1) is 10.6 Å². The number of rotatable bonds is 1. The SMILES string of the molecule is Cc1ncc([SH](=O)=O)cc1F. The lowest BCUT2D eigenvalue weighted by atomic mass is 10.4. The molecule has 1 heterocycles. The zero-order valence-electron chi connectivity index (χ0n) is 5.74. The van der Waals surface area contributed by atoms with Gasteiger partial charge in [-0.05, 0) is 13.0 Å². The molecule has 0 unspecified atom stereocenters. The van der Waals surface area contributed by atoms with Gasteiger partial charge < -0.3 is 0 Å². The monoisotopic (exact) mass is 175 g/mol. The zero-order chi connectivity index (χ0) is 8.43. The first-order chi connectivity index (χ1) is 5.11. The second kappa shape index (κ2) is 2.96. The summed E-state index contributed by atoms with van der Waals surface area (Å²) in [5.74, 6) is -0.596. The van der Waals surface area contributed by atoms with Gasteiger partial charge in [0.2, 0.25) is 0 Å². The maximum absolute atomic E-state index is 12.6. The molecule has 0 N–H and O–H groups in total. The van der Waals surface area contributed by atoms with E-state index in [1.54, 1.807) is 0 Å². The minimum atomic E-state index is -2.73. The van der Waals surface area contributed by atoms with Gasteiger partial charge in [0.1, 0.15) is 5.82 Å². The molecule has 0 radical (unpaired) electrons. The molecule has 1 aromatic rings. The van der Waals surface area contributed by atoms with Gasteiger partial charge in [0, 0.05) is 6.20 Å². The molecule has 0 saturated carbocycles. The fraction of sp³-hybridized carbons (Fsp3) is 0.167. The Bertz CT molecular complexity index is 340. The van der Waals surface area contributed by atoms with E-state index in [-0.39, 0.29) is 10.6 Å². The van der Waals surface area contributed by atoms with Crippen LogP contribution in [0.15, 0.2) is 17.2 Å². The molecule has 1 rings (SSSR count). The third-order valence-electron chi connectivity index (χ3n) is 1.22. The standard InChI is InChI=1S/C6H6FNO2S/c1-4-6(7)2-5(3-8-4)11(9)10/h2-3,11H,1H3. The van der Waals surface area contributed by atoms with E-state index in [4.69, 9.17) is 0 Å². The molecule has 0 aliphatic heterocycles. The van der Waals surface area contributed by atoms with E-state index in [9.17, 15) is 12.8 Å². The minimum absolute atomic E-state index is 0.0944. The summed E-state index contributed by atoms with van der Waals surface area (Å²) in [7, 11) is -2.73. The van der Waals surface area contributed by atoms with Crippen LogP contribution in [0.1, 0.15) is 5.69 Å². The molecule has 0 aromatic carbocycles. The molecule has 0 fully saturated rings. The summed E-state index contributed by atoms with van der Waals surface area (Å²) in [6.45, 7) is 1.47. The van der Waals surface area contributed by atoms with Crippen molar-refractivity contribution in [1.29, 1.82) is 0 Å². The van der Waals surface area contributed by atoms with Crippen molar-refractivity contribution in [2.45, 2.75) is 11.8 Å². The molecule has 60 valence electrons. The van der Waals surface area contributed by atoms with Gasteiger partial charge in [0.15, 0.2) is 10.7 Å². The molecule has 3 nitrogen and oxygen atoms in total. The van der Waals surface area contributed by atoms with Gasteiger partial charge in [0.25, 0.3) is 0 Å². The lowest BCUT2D eigenvalue weighted by Crippen LogP contribution is -1.90. The molecule has 5 heteroatoms. The van der Waals surface area contributed by atoms with Gasteiger partial charge in [-0.3, -0.25) is 4.98 Å². The first kappa shape index (κ1) is 8.13. The second-order valence-corrected chi connectivity index (χ2v) is 3.05. The number of hydrogen-bond donors (Lipinski definition) is 1. The third kappa shape index (κ3) is 1.74. The Morgan fingerprint density at radius 2 is 2.18 bits per heavy atom. The molecular weight excluding hydrogens is 169 g/mol. The van der Waals surface area contributed by atoms with Crippen molar-refractivity contribution in [2.24, 2.45) is 0 Å². The molecule has 0 spiro atoms. The largest absolute Gasteiger partial charge is 0.257 e. The van der Waals surface area contributed by atoms with Crippen LogP contribution in [0.2, 0.25) is 0 Å². The van der Waals surface area contributed by atoms with E-state index in [0.29, 0.717) is 0 Å². The lowest BCUT2D eigenvalue weighted by Gasteiger charge is -1.93. The van der Waals surface area contributed by atoms with Gasteiger partial charge in [-0.15, -0.1) is 0 Å². The second-order valence-electron chi connectivity index (χ2n) is 2.02. The van der Waals surface area contributed by atoms with Crippen molar-refractivity contribution < 1.29 is 12.8 Å². The van der Waals surface area contributed by atoms with E-state index in [0.717, 1.165) is 12.3 Å². The summed E-state index contributed by atoms with van der Waals surface area (Å²) in [4.78, 5) is 3.45. The van der Waals surface area contributed by atoms with E-state index < -0.39 is 16.5 Å². The highest BCUT2D eigenvalue weighted by Crippen LogP contribution is 2.05. The van der Waals surface area contributed by atoms with Crippen LogP contribution in [0.4, 0.5) is 4.39 Å². The summed E-state index contributed by atoms with van der Waals surface area (Å²) >= 11 is 0. The molecule has 0 aliphatic carbocycles. The van der Waals surface area contributed by atoms with Crippen LogP contribution in [0.25, 0.3) is 0 Å². The number of thiol groups is 1. The fourth-order valence-corrected chi connectivity index (χ4v) is 0.967. The first-order valence-electron chi connectivity index (χ1n) is 2.88. The summed E-state index contributed by atoms with van der Waals surface area (Å²) in [5.41, 5.74) is 0.200. The van der Waals surface area contributed by atoms with E-state index >= 15 is 0 Å². The van der Waals surface area contributed by atoms with Crippen LogP contribution < -0.4 is 0 Å². The van der Waals surface area contributed by atoms with Crippen LogP contribution in [0.5, 0.6) is 0 Å². The lowest BCUT2D eigenvalue weighted by molar-refractivity contribution is 0.595. The smallest absolute Gasteiger partial charge is 0.169 e. The molecule has 0 amide bonds. The van der Waals surface area contributed by atoms with Crippen molar-refractivity contribution >= 4 is 10.7 Å². The Morgan fingerprint density at radius 1 is 1.55 bits per heavy atom. The Kier molecular flexibility index (Phi) is 2.19. The first-order valence-corrected chi connectivity index (χ1v) is 4.05. The van der Waals surface area contributed by atoms with E-state index in [1.807, 2.05) is 0 Å². The average molecular weight is 175 g/mol. The number of pyridine rings is 1. The highest BCUT2D eigenvalue weighted by molar-refractivity contribution is 7.72. The van der Waals surface area contributed by atoms with Crippen molar-refractivity contribution in [3.63, 3.8) is 0 Å². The molecule has 0 aliphatic rings. The number of nitrogens with zero attached hydrogens (tertiary/aromatic N) is 1. The number of hydrogen-bond acceptors (Lipinski definition) is 3.